The van der Waals surface area contributed by atoms with Crippen LogP contribution in [0.4, 0.5) is 0 Å². The van der Waals surface area contributed by atoms with Crippen molar-refractivity contribution in [2.24, 2.45) is 0 Å². The van der Waals surface area contributed by atoms with Crippen LogP contribution in [-0.4, -0.2) is 29.1 Å². The lowest BCUT2D eigenvalue weighted by Crippen LogP contribution is -2.06. The van der Waals surface area contributed by atoms with Crippen LogP contribution < -0.4 is 0 Å². The summed E-state index contributed by atoms with van der Waals surface area (Å²) < 4.78 is 10.7. The summed E-state index contributed by atoms with van der Waals surface area (Å²) in [6.07, 6.45) is 1.81. The zero-order chi connectivity index (χ0) is 30.9. The van der Waals surface area contributed by atoms with Gasteiger partial charge in [-0.25, -0.2) is 9.55 Å². The molecule has 0 unspecified atom stereocenters. The summed E-state index contributed by atoms with van der Waals surface area (Å²) in [5, 5.41) is 4.40. The molecule has 0 fully saturated rings. The van der Waals surface area contributed by atoms with Crippen molar-refractivity contribution >= 4 is 54.9 Å². The summed E-state index contributed by atoms with van der Waals surface area (Å²) in [6, 6.07) is 47.5. The first kappa shape index (κ1) is 25.7. The van der Waals surface area contributed by atoms with Crippen LogP contribution in [0.25, 0.3) is 89.3 Å². The first-order valence-corrected chi connectivity index (χ1v) is 15.5. The lowest BCUT2D eigenvalue weighted by Gasteiger charge is -2.11. The number of fused-ring (bicyclic) bond motifs is 8. The lowest BCUT2D eigenvalue weighted by molar-refractivity contribution is 0.641. The third kappa shape index (κ3) is 3.87. The van der Waals surface area contributed by atoms with Crippen molar-refractivity contribution < 1.29 is 4.42 Å². The van der Waals surface area contributed by atoms with E-state index in [-0.39, 0.29) is 0 Å². The maximum absolute atomic E-state index is 6.46. The maximum Gasteiger partial charge on any atom is 0.241 e. The molecule has 0 amide bonds. The summed E-state index contributed by atoms with van der Waals surface area (Å²) in [7, 11) is 0. The molecule has 47 heavy (non-hydrogen) atoms. The van der Waals surface area contributed by atoms with Gasteiger partial charge >= 0.3 is 0 Å². The van der Waals surface area contributed by atoms with Gasteiger partial charge in [0.05, 0.1) is 21.9 Å². The Morgan fingerprint density at radius 2 is 1.06 bits per heavy atom. The smallest absolute Gasteiger partial charge is 0.241 e. The SMILES string of the molecule is c1ccc(-c2nc(-c3ccc(-n4c5ccccc5c5ccccc54)cc3)nc(-n3c4cccnc4c4c5ccccc5oc43)n2)cc1. The van der Waals surface area contributed by atoms with Gasteiger partial charge in [0.15, 0.2) is 11.6 Å². The van der Waals surface area contributed by atoms with Crippen LogP contribution in [0.2, 0.25) is 0 Å². The first-order valence-electron chi connectivity index (χ1n) is 15.5. The number of hydrogen-bond acceptors (Lipinski definition) is 5. The molecule has 10 aromatic rings. The number of para-hydroxylation sites is 3. The Morgan fingerprint density at radius 1 is 0.468 bits per heavy atom. The van der Waals surface area contributed by atoms with E-state index in [1.54, 1.807) is 6.20 Å². The normalized spacial score (nSPS) is 11.8. The molecule has 7 heteroatoms. The lowest BCUT2D eigenvalue weighted by atomic mass is 10.1. The quantitative estimate of drug-likeness (QED) is 0.200. The fraction of sp³-hybridized carbons (Fsp3) is 0. The Kier molecular flexibility index (Phi) is 5.44. The summed E-state index contributed by atoms with van der Waals surface area (Å²) >= 11 is 0. The molecule has 5 aromatic heterocycles. The Balaban J connectivity index is 1.19. The third-order valence-corrected chi connectivity index (χ3v) is 8.86. The summed E-state index contributed by atoms with van der Waals surface area (Å²) in [5.41, 5.74) is 8.32. The predicted octanol–water partition coefficient (Wildman–Crippen LogP) is 9.54. The van der Waals surface area contributed by atoms with Crippen LogP contribution in [0.3, 0.4) is 0 Å². The van der Waals surface area contributed by atoms with E-state index in [9.17, 15) is 0 Å². The molecular weight excluding hydrogens is 580 g/mol. The largest absolute Gasteiger partial charge is 0.439 e. The molecule has 10 rings (SSSR count). The van der Waals surface area contributed by atoms with Crippen molar-refractivity contribution in [3.8, 4) is 34.4 Å². The van der Waals surface area contributed by atoms with Crippen LogP contribution in [0.1, 0.15) is 0 Å². The molecule has 220 valence electrons. The van der Waals surface area contributed by atoms with E-state index in [4.69, 9.17) is 24.4 Å². The summed E-state index contributed by atoms with van der Waals surface area (Å²) in [6.45, 7) is 0. The number of pyridine rings is 1. The Morgan fingerprint density at radius 3 is 1.79 bits per heavy atom. The zero-order valence-corrected chi connectivity index (χ0v) is 24.9. The topological polar surface area (TPSA) is 74.6 Å². The number of furan rings is 1. The molecule has 7 nitrogen and oxygen atoms in total. The molecule has 0 bridgehead atoms. The second kappa shape index (κ2) is 9.95. The molecule has 5 aromatic carbocycles. The highest BCUT2D eigenvalue weighted by atomic mass is 16.3. The van der Waals surface area contributed by atoms with Gasteiger partial charge in [0.1, 0.15) is 11.1 Å². The minimum Gasteiger partial charge on any atom is -0.439 e. The third-order valence-electron chi connectivity index (χ3n) is 8.86. The van der Waals surface area contributed by atoms with E-state index in [1.165, 1.54) is 21.8 Å². The van der Waals surface area contributed by atoms with Crippen LogP contribution >= 0.6 is 0 Å². The minimum atomic E-state index is 0.465. The first-order chi connectivity index (χ1) is 23.3. The molecule has 0 saturated carbocycles. The van der Waals surface area contributed by atoms with E-state index < -0.39 is 0 Å². The average molecular weight is 605 g/mol. The van der Waals surface area contributed by atoms with E-state index >= 15 is 0 Å². The van der Waals surface area contributed by atoms with E-state index in [1.807, 2.05) is 65.2 Å². The van der Waals surface area contributed by atoms with Crippen LogP contribution in [0.5, 0.6) is 0 Å². The van der Waals surface area contributed by atoms with Gasteiger partial charge in [0, 0.05) is 39.2 Å². The van der Waals surface area contributed by atoms with Gasteiger partial charge < -0.3 is 8.98 Å². The fourth-order valence-corrected chi connectivity index (χ4v) is 6.77. The average Bonchev–Trinajstić information content (AvgIpc) is 3.79. The fourth-order valence-electron chi connectivity index (χ4n) is 6.77. The highest BCUT2D eigenvalue weighted by Gasteiger charge is 2.23. The molecule has 0 saturated heterocycles. The Bertz CT molecular complexity index is 2740. The van der Waals surface area contributed by atoms with Gasteiger partial charge in [-0.2, -0.15) is 9.97 Å². The standard InChI is InChI=1S/C40H24N6O/c1-2-11-25(12-3-1)37-42-38(26-20-22-27(23-21-26)45-31-16-7-4-13-28(31)29-14-5-8-17-32(29)45)44-40(43-37)46-33-18-10-24-41-36(33)35-30-15-6-9-19-34(30)47-39(35)46/h1-24H. The van der Waals surface area contributed by atoms with Gasteiger partial charge in [-0.15, -0.1) is 0 Å². The van der Waals surface area contributed by atoms with Gasteiger partial charge in [-0.3, -0.25) is 4.98 Å². The molecule has 0 aliphatic heterocycles. The van der Waals surface area contributed by atoms with Gasteiger partial charge in [-0.05, 0) is 54.6 Å². The molecular formula is C40H24N6O. The maximum atomic E-state index is 6.46. The Labute approximate surface area is 268 Å². The number of benzene rings is 5. The molecule has 5 heterocycles. The van der Waals surface area contributed by atoms with Crippen molar-refractivity contribution in [3.05, 3.63) is 146 Å². The molecule has 0 radical (unpaired) electrons. The van der Waals surface area contributed by atoms with Gasteiger partial charge in [0.2, 0.25) is 11.7 Å². The second-order valence-electron chi connectivity index (χ2n) is 11.6. The van der Waals surface area contributed by atoms with Crippen LogP contribution in [0.15, 0.2) is 150 Å². The highest BCUT2D eigenvalue weighted by molar-refractivity contribution is 6.18. The summed E-state index contributed by atoms with van der Waals surface area (Å²) in [4.78, 5) is 19.9. The van der Waals surface area contributed by atoms with Crippen molar-refractivity contribution in [2.75, 3.05) is 0 Å². The van der Waals surface area contributed by atoms with Crippen molar-refractivity contribution in [2.45, 2.75) is 0 Å². The number of hydrogen-bond donors (Lipinski definition) is 0. The van der Waals surface area contributed by atoms with E-state index in [2.05, 4.69) is 83.4 Å². The summed E-state index contributed by atoms with van der Waals surface area (Å²) in [5.74, 6) is 1.61. The van der Waals surface area contributed by atoms with Gasteiger partial charge in [0.25, 0.3) is 0 Å². The van der Waals surface area contributed by atoms with Crippen molar-refractivity contribution in [1.82, 2.24) is 29.1 Å². The number of nitrogens with zero attached hydrogens (tertiary/aromatic N) is 6. The molecule has 0 aliphatic rings. The number of aromatic nitrogens is 6. The minimum absolute atomic E-state index is 0.465. The second-order valence-corrected chi connectivity index (χ2v) is 11.6. The van der Waals surface area contributed by atoms with E-state index in [0.717, 1.165) is 44.2 Å². The molecule has 0 atom stereocenters. The zero-order valence-electron chi connectivity index (χ0n) is 24.9. The van der Waals surface area contributed by atoms with E-state index in [0.29, 0.717) is 23.3 Å². The van der Waals surface area contributed by atoms with Crippen molar-refractivity contribution in [1.29, 1.82) is 0 Å². The molecule has 0 N–H and O–H groups in total. The van der Waals surface area contributed by atoms with Crippen molar-refractivity contribution in [3.63, 3.8) is 0 Å². The number of rotatable bonds is 4. The molecule has 0 aliphatic carbocycles. The van der Waals surface area contributed by atoms with Gasteiger partial charge in [-0.1, -0.05) is 84.9 Å². The molecule has 0 spiro atoms. The highest BCUT2D eigenvalue weighted by Crippen LogP contribution is 2.38. The predicted molar refractivity (Wildman–Crippen MR) is 187 cm³/mol. The van der Waals surface area contributed by atoms with Crippen LogP contribution in [0, 0.1) is 0 Å². The monoisotopic (exact) mass is 604 g/mol. The van der Waals surface area contributed by atoms with Crippen LogP contribution in [-0.2, 0) is 0 Å². The Hall–Kier alpha value is -6.60.